The lowest BCUT2D eigenvalue weighted by Crippen LogP contribution is -2.38. The number of hydrogen-bond acceptors (Lipinski definition) is 1. The lowest BCUT2D eigenvalue weighted by molar-refractivity contribution is 0.101. The van der Waals surface area contributed by atoms with Crippen molar-refractivity contribution >= 4 is 0 Å². The fraction of sp³-hybridized carbons (Fsp3) is 0.800. The van der Waals surface area contributed by atoms with Gasteiger partial charge in [-0.3, -0.25) is 0 Å². The SMILES string of the molecule is CC#CCCC(F)(CN)C(C)C. The second-order valence-electron chi connectivity index (χ2n) is 3.32. The van der Waals surface area contributed by atoms with Crippen LogP contribution in [0.1, 0.15) is 33.6 Å². The first-order valence-corrected chi connectivity index (χ1v) is 4.35. The van der Waals surface area contributed by atoms with Gasteiger partial charge in [0.1, 0.15) is 5.67 Å². The minimum atomic E-state index is -1.23. The third kappa shape index (κ3) is 3.23. The van der Waals surface area contributed by atoms with Crippen LogP contribution in [-0.2, 0) is 0 Å². The van der Waals surface area contributed by atoms with Gasteiger partial charge in [-0.05, 0) is 19.3 Å². The number of halogens is 1. The Labute approximate surface area is 74.5 Å². The monoisotopic (exact) mass is 171 g/mol. The molecule has 2 N–H and O–H groups in total. The maximum absolute atomic E-state index is 13.8. The molecule has 0 amide bonds. The molecule has 1 atom stereocenters. The molecule has 0 bridgehead atoms. The van der Waals surface area contributed by atoms with Crippen molar-refractivity contribution in [2.45, 2.75) is 39.3 Å². The second-order valence-corrected chi connectivity index (χ2v) is 3.32. The quantitative estimate of drug-likeness (QED) is 0.644. The van der Waals surface area contributed by atoms with Crippen molar-refractivity contribution in [1.82, 2.24) is 0 Å². The van der Waals surface area contributed by atoms with Crippen LogP contribution in [0.15, 0.2) is 0 Å². The van der Waals surface area contributed by atoms with Gasteiger partial charge in [-0.15, -0.1) is 11.8 Å². The predicted molar refractivity (Wildman–Crippen MR) is 50.4 cm³/mol. The average Bonchev–Trinajstić information content (AvgIpc) is 2.04. The lowest BCUT2D eigenvalue weighted by Gasteiger charge is -2.26. The molecule has 0 heterocycles. The van der Waals surface area contributed by atoms with Crippen molar-refractivity contribution in [3.05, 3.63) is 0 Å². The molecule has 0 aromatic heterocycles. The van der Waals surface area contributed by atoms with Gasteiger partial charge in [0, 0.05) is 13.0 Å². The molecule has 0 aliphatic carbocycles. The van der Waals surface area contributed by atoms with Crippen LogP contribution in [0.3, 0.4) is 0 Å². The van der Waals surface area contributed by atoms with Gasteiger partial charge >= 0.3 is 0 Å². The molecule has 0 aromatic carbocycles. The summed E-state index contributed by atoms with van der Waals surface area (Å²) in [7, 11) is 0. The van der Waals surface area contributed by atoms with Gasteiger partial charge in [0.15, 0.2) is 0 Å². The van der Waals surface area contributed by atoms with Gasteiger partial charge in [0.05, 0.1) is 0 Å². The normalized spacial score (nSPS) is 15.2. The molecule has 1 unspecified atom stereocenters. The molecular weight excluding hydrogens is 153 g/mol. The van der Waals surface area contributed by atoms with Gasteiger partial charge in [-0.25, -0.2) is 4.39 Å². The Hall–Kier alpha value is -0.550. The van der Waals surface area contributed by atoms with Crippen LogP contribution in [0.25, 0.3) is 0 Å². The van der Waals surface area contributed by atoms with Gasteiger partial charge < -0.3 is 5.73 Å². The Morgan fingerprint density at radius 2 is 2.08 bits per heavy atom. The van der Waals surface area contributed by atoms with E-state index in [9.17, 15) is 4.39 Å². The maximum atomic E-state index is 13.8. The van der Waals surface area contributed by atoms with Gasteiger partial charge in [0.25, 0.3) is 0 Å². The molecule has 0 aliphatic heterocycles. The standard InChI is InChI=1S/C10H18FN/c1-4-5-6-7-10(11,8-12)9(2)3/h9H,6-8,12H2,1-3H3. The van der Waals surface area contributed by atoms with E-state index in [1.807, 2.05) is 13.8 Å². The molecule has 0 aromatic rings. The van der Waals surface area contributed by atoms with Crippen LogP contribution < -0.4 is 5.73 Å². The highest BCUT2D eigenvalue weighted by Crippen LogP contribution is 2.25. The first-order chi connectivity index (χ1) is 5.56. The van der Waals surface area contributed by atoms with Crippen LogP contribution in [0.2, 0.25) is 0 Å². The van der Waals surface area contributed by atoms with Gasteiger partial charge in [0.2, 0.25) is 0 Å². The molecule has 0 radical (unpaired) electrons. The number of rotatable bonds is 4. The van der Waals surface area contributed by atoms with Crippen LogP contribution >= 0.6 is 0 Å². The maximum Gasteiger partial charge on any atom is 0.126 e. The van der Waals surface area contributed by atoms with E-state index in [-0.39, 0.29) is 12.5 Å². The van der Waals surface area contributed by atoms with E-state index >= 15 is 0 Å². The van der Waals surface area contributed by atoms with Gasteiger partial charge in [-0.1, -0.05) is 13.8 Å². The minimum Gasteiger partial charge on any atom is -0.328 e. The van der Waals surface area contributed by atoms with Crippen LogP contribution in [-0.4, -0.2) is 12.2 Å². The van der Waals surface area contributed by atoms with Crippen LogP contribution in [0, 0.1) is 17.8 Å². The first-order valence-electron chi connectivity index (χ1n) is 4.35. The summed E-state index contributed by atoms with van der Waals surface area (Å²) in [5.41, 5.74) is 4.13. The van der Waals surface area contributed by atoms with E-state index in [1.165, 1.54) is 0 Å². The highest BCUT2D eigenvalue weighted by Gasteiger charge is 2.30. The Kier molecular flexibility index (Phi) is 4.92. The summed E-state index contributed by atoms with van der Waals surface area (Å²) >= 11 is 0. The van der Waals surface area contributed by atoms with E-state index in [0.29, 0.717) is 12.8 Å². The molecule has 0 fully saturated rings. The van der Waals surface area contributed by atoms with Crippen LogP contribution in [0.5, 0.6) is 0 Å². The largest absolute Gasteiger partial charge is 0.328 e. The summed E-state index contributed by atoms with van der Waals surface area (Å²) in [6.07, 6.45) is 1.05. The zero-order chi connectivity index (χ0) is 9.61. The molecule has 12 heavy (non-hydrogen) atoms. The average molecular weight is 171 g/mol. The van der Waals surface area contributed by atoms with Crippen molar-refractivity contribution in [3.8, 4) is 11.8 Å². The molecule has 70 valence electrons. The molecule has 2 heteroatoms. The summed E-state index contributed by atoms with van der Waals surface area (Å²) < 4.78 is 13.8. The van der Waals surface area contributed by atoms with E-state index in [0.717, 1.165) is 0 Å². The molecule has 0 saturated heterocycles. The number of nitrogens with two attached hydrogens (primary N) is 1. The summed E-state index contributed by atoms with van der Waals surface area (Å²) in [6.45, 7) is 5.56. The number of alkyl halides is 1. The Morgan fingerprint density at radius 1 is 1.50 bits per heavy atom. The van der Waals surface area contributed by atoms with E-state index < -0.39 is 5.67 Å². The van der Waals surface area contributed by atoms with E-state index in [1.54, 1.807) is 6.92 Å². The molecule has 0 rings (SSSR count). The Balaban J connectivity index is 4.02. The summed E-state index contributed by atoms with van der Waals surface area (Å²) in [4.78, 5) is 0. The molecule has 0 aliphatic rings. The topological polar surface area (TPSA) is 26.0 Å². The fourth-order valence-electron chi connectivity index (χ4n) is 1.02. The molecule has 0 saturated carbocycles. The van der Waals surface area contributed by atoms with E-state index in [4.69, 9.17) is 5.73 Å². The highest BCUT2D eigenvalue weighted by atomic mass is 19.1. The summed E-state index contributed by atoms with van der Waals surface area (Å²) in [5.74, 6) is 5.57. The smallest absolute Gasteiger partial charge is 0.126 e. The lowest BCUT2D eigenvalue weighted by atomic mass is 9.88. The zero-order valence-corrected chi connectivity index (χ0v) is 8.15. The van der Waals surface area contributed by atoms with Crippen molar-refractivity contribution in [3.63, 3.8) is 0 Å². The van der Waals surface area contributed by atoms with Crippen molar-refractivity contribution in [2.75, 3.05) is 6.54 Å². The van der Waals surface area contributed by atoms with Crippen LogP contribution in [0.4, 0.5) is 4.39 Å². The molecular formula is C10H18FN. The summed E-state index contributed by atoms with van der Waals surface area (Å²) in [5, 5.41) is 0. The molecule has 0 spiro atoms. The van der Waals surface area contributed by atoms with E-state index in [2.05, 4.69) is 11.8 Å². The Morgan fingerprint density at radius 3 is 2.42 bits per heavy atom. The first kappa shape index (κ1) is 11.4. The van der Waals surface area contributed by atoms with Gasteiger partial charge in [-0.2, -0.15) is 0 Å². The van der Waals surface area contributed by atoms with Crippen molar-refractivity contribution in [1.29, 1.82) is 0 Å². The zero-order valence-electron chi connectivity index (χ0n) is 8.15. The molecule has 1 nitrogen and oxygen atoms in total. The third-order valence-electron chi connectivity index (χ3n) is 2.22. The summed E-state index contributed by atoms with van der Waals surface area (Å²) in [6, 6.07) is 0. The highest BCUT2D eigenvalue weighted by molar-refractivity contribution is 4.97. The number of hydrogen-bond donors (Lipinski definition) is 1. The second kappa shape index (κ2) is 5.16. The predicted octanol–water partition coefficient (Wildman–Crippen LogP) is 2.11. The fourth-order valence-corrected chi connectivity index (χ4v) is 1.02. The third-order valence-corrected chi connectivity index (χ3v) is 2.22. The Bertz CT molecular complexity index is 178. The van der Waals surface area contributed by atoms with Crippen molar-refractivity contribution in [2.24, 2.45) is 11.7 Å². The minimum absolute atomic E-state index is 0.0267. The van der Waals surface area contributed by atoms with Crippen molar-refractivity contribution < 1.29 is 4.39 Å².